The summed E-state index contributed by atoms with van der Waals surface area (Å²) in [4.78, 5) is 4.82. The lowest BCUT2D eigenvalue weighted by atomic mass is 10.2. The second kappa shape index (κ2) is 7.13. The average molecular weight is 283 g/mol. The fraction of sp³-hybridized carbons (Fsp3) is 0.600. The van der Waals surface area contributed by atoms with Crippen molar-refractivity contribution in [2.24, 2.45) is 0 Å². The monoisotopic (exact) mass is 282 g/mol. The Morgan fingerprint density at radius 3 is 2.47 bits per heavy atom. The lowest BCUT2D eigenvalue weighted by Gasteiger charge is -2.36. The molecule has 19 heavy (non-hydrogen) atoms. The quantitative estimate of drug-likeness (QED) is 0.826. The predicted octanol–water partition coefficient (Wildman–Crippen LogP) is 2.89. The van der Waals surface area contributed by atoms with E-state index in [0.29, 0.717) is 6.10 Å². The molecule has 0 atom stereocenters. The van der Waals surface area contributed by atoms with Crippen molar-refractivity contribution < 1.29 is 4.74 Å². The summed E-state index contributed by atoms with van der Waals surface area (Å²) in [5.41, 5.74) is 1.15. The summed E-state index contributed by atoms with van der Waals surface area (Å²) in [5, 5.41) is 0.846. The van der Waals surface area contributed by atoms with Gasteiger partial charge in [-0.25, -0.2) is 0 Å². The average Bonchev–Trinajstić information content (AvgIpc) is 2.40. The van der Waals surface area contributed by atoms with Crippen LogP contribution >= 0.6 is 11.6 Å². The van der Waals surface area contributed by atoms with Crippen LogP contribution in [0.25, 0.3) is 0 Å². The standard InChI is InChI=1S/C15H23ClN2O/c1-13(2)19-12-11-17-7-9-18(10-8-17)15-6-4-3-5-14(15)16/h3-6,13H,7-12H2,1-2H3. The molecular formula is C15H23ClN2O. The van der Waals surface area contributed by atoms with Crippen LogP contribution in [0.15, 0.2) is 24.3 Å². The third-order valence-corrected chi connectivity index (χ3v) is 3.74. The topological polar surface area (TPSA) is 15.7 Å². The Bertz CT molecular complexity index is 389. The predicted molar refractivity (Wildman–Crippen MR) is 81.2 cm³/mol. The van der Waals surface area contributed by atoms with Gasteiger partial charge in [-0.05, 0) is 26.0 Å². The molecule has 0 unspecified atom stereocenters. The number of benzene rings is 1. The molecule has 2 rings (SSSR count). The summed E-state index contributed by atoms with van der Waals surface area (Å²) in [6.07, 6.45) is 0.324. The first-order valence-electron chi connectivity index (χ1n) is 7.00. The highest BCUT2D eigenvalue weighted by atomic mass is 35.5. The number of halogens is 1. The van der Waals surface area contributed by atoms with Gasteiger partial charge in [0.05, 0.1) is 23.4 Å². The van der Waals surface area contributed by atoms with E-state index in [-0.39, 0.29) is 0 Å². The van der Waals surface area contributed by atoms with E-state index in [4.69, 9.17) is 16.3 Å². The third kappa shape index (κ3) is 4.37. The number of para-hydroxylation sites is 1. The zero-order valence-corrected chi connectivity index (χ0v) is 12.6. The van der Waals surface area contributed by atoms with Crippen molar-refractivity contribution in [1.82, 2.24) is 4.90 Å². The Balaban J connectivity index is 1.78. The van der Waals surface area contributed by atoms with Crippen molar-refractivity contribution in [3.8, 4) is 0 Å². The van der Waals surface area contributed by atoms with Gasteiger partial charge in [-0.2, -0.15) is 0 Å². The van der Waals surface area contributed by atoms with Crippen LogP contribution in [-0.4, -0.2) is 50.3 Å². The summed E-state index contributed by atoms with van der Waals surface area (Å²) in [6, 6.07) is 8.08. The van der Waals surface area contributed by atoms with Gasteiger partial charge in [0.15, 0.2) is 0 Å². The van der Waals surface area contributed by atoms with Crippen LogP contribution in [0.2, 0.25) is 5.02 Å². The molecule has 0 aliphatic carbocycles. The molecule has 0 aromatic heterocycles. The van der Waals surface area contributed by atoms with Gasteiger partial charge in [-0.3, -0.25) is 4.90 Å². The van der Waals surface area contributed by atoms with Crippen LogP contribution in [0.1, 0.15) is 13.8 Å². The maximum absolute atomic E-state index is 6.24. The SMILES string of the molecule is CC(C)OCCN1CCN(c2ccccc2Cl)CC1. The van der Waals surface area contributed by atoms with Gasteiger partial charge in [0.1, 0.15) is 0 Å². The molecule has 1 heterocycles. The maximum atomic E-state index is 6.24. The van der Waals surface area contributed by atoms with E-state index < -0.39 is 0 Å². The second-order valence-electron chi connectivity index (χ2n) is 5.20. The number of anilines is 1. The van der Waals surface area contributed by atoms with Gasteiger partial charge in [0, 0.05) is 32.7 Å². The lowest BCUT2D eigenvalue weighted by molar-refractivity contribution is 0.0579. The minimum atomic E-state index is 0.324. The van der Waals surface area contributed by atoms with Crippen molar-refractivity contribution in [2.75, 3.05) is 44.2 Å². The van der Waals surface area contributed by atoms with Crippen LogP contribution in [0.4, 0.5) is 5.69 Å². The first-order valence-corrected chi connectivity index (χ1v) is 7.38. The molecule has 0 spiro atoms. The highest BCUT2D eigenvalue weighted by Gasteiger charge is 2.18. The van der Waals surface area contributed by atoms with Crippen molar-refractivity contribution in [1.29, 1.82) is 0 Å². The molecule has 0 amide bonds. The fourth-order valence-corrected chi connectivity index (χ4v) is 2.59. The maximum Gasteiger partial charge on any atom is 0.0639 e. The summed E-state index contributed by atoms with van der Waals surface area (Å²) < 4.78 is 5.60. The number of piperazine rings is 1. The van der Waals surface area contributed by atoms with Gasteiger partial charge in [0.2, 0.25) is 0 Å². The van der Waals surface area contributed by atoms with Gasteiger partial charge >= 0.3 is 0 Å². The molecule has 1 aliphatic rings. The fourth-order valence-electron chi connectivity index (χ4n) is 2.34. The van der Waals surface area contributed by atoms with Crippen LogP contribution in [0, 0.1) is 0 Å². The molecule has 0 N–H and O–H groups in total. The van der Waals surface area contributed by atoms with Crippen LogP contribution in [0.5, 0.6) is 0 Å². The number of hydrogen-bond donors (Lipinski definition) is 0. The molecule has 3 nitrogen and oxygen atoms in total. The van der Waals surface area contributed by atoms with Gasteiger partial charge in [-0.15, -0.1) is 0 Å². The number of ether oxygens (including phenoxy) is 1. The molecule has 1 saturated heterocycles. The Kier molecular flexibility index (Phi) is 5.49. The summed E-state index contributed by atoms with van der Waals surface area (Å²) in [6.45, 7) is 10.2. The highest BCUT2D eigenvalue weighted by Crippen LogP contribution is 2.25. The molecule has 0 bridgehead atoms. The summed E-state index contributed by atoms with van der Waals surface area (Å²) in [5.74, 6) is 0. The number of nitrogens with zero attached hydrogens (tertiary/aromatic N) is 2. The van der Waals surface area contributed by atoms with Crippen LogP contribution < -0.4 is 4.90 Å². The van der Waals surface area contributed by atoms with Crippen molar-refractivity contribution in [3.05, 3.63) is 29.3 Å². The minimum Gasteiger partial charge on any atom is -0.377 e. The van der Waals surface area contributed by atoms with Crippen LogP contribution in [0.3, 0.4) is 0 Å². The van der Waals surface area contributed by atoms with Crippen molar-refractivity contribution >= 4 is 17.3 Å². The molecule has 1 aromatic rings. The van der Waals surface area contributed by atoms with Crippen LogP contribution in [-0.2, 0) is 4.74 Å². The highest BCUT2D eigenvalue weighted by molar-refractivity contribution is 6.33. The van der Waals surface area contributed by atoms with Gasteiger partial charge < -0.3 is 9.64 Å². The third-order valence-electron chi connectivity index (χ3n) is 3.42. The molecule has 1 aliphatic heterocycles. The van der Waals surface area contributed by atoms with E-state index in [0.717, 1.165) is 50.0 Å². The Morgan fingerprint density at radius 2 is 1.84 bits per heavy atom. The van der Waals surface area contributed by atoms with Crippen molar-refractivity contribution in [2.45, 2.75) is 20.0 Å². The smallest absolute Gasteiger partial charge is 0.0639 e. The minimum absolute atomic E-state index is 0.324. The molecule has 0 saturated carbocycles. The Labute approximate surface area is 121 Å². The van der Waals surface area contributed by atoms with E-state index in [1.54, 1.807) is 0 Å². The Morgan fingerprint density at radius 1 is 1.16 bits per heavy atom. The lowest BCUT2D eigenvalue weighted by Crippen LogP contribution is -2.47. The van der Waals surface area contributed by atoms with E-state index >= 15 is 0 Å². The van der Waals surface area contributed by atoms with Crippen molar-refractivity contribution in [3.63, 3.8) is 0 Å². The van der Waals surface area contributed by atoms with E-state index in [1.165, 1.54) is 0 Å². The normalized spacial score (nSPS) is 17.2. The Hall–Kier alpha value is -0.770. The van der Waals surface area contributed by atoms with E-state index in [1.807, 2.05) is 18.2 Å². The van der Waals surface area contributed by atoms with Gasteiger partial charge in [-0.1, -0.05) is 23.7 Å². The first-order chi connectivity index (χ1) is 9.16. The van der Waals surface area contributed by atoms with E-state index in [2.05, 4.69) is 29.7 Å². The second-order valence-corrected chi connectivity index (χ2v) is 5.61. The van der Waals surface area contributed by atoms with E-state index in [9.17, 15) is 0 Å². The molecule has 0 radical (unpaired) electrons. The zero-order chi connectivity index (χ0) is 13.7. The van der Waals surface area contributed by atoms with Gasteiger partial charge in [0.25, 0.3) is 0 Å². The first kappa shape index (κ1) is 14.6. The largest absolute Gasteiger partial charge is 0.377 e. The number of hydrogen-bond acceptors (Lipinski definition) is 3. The molecule has 4 heteroatoms. The molecule has 106 valence electrons. The molecule has 1 fully saturated rings. The number of rotatable bonds is 5. The zero-order valence-electron chi connectivity index (χ0n) is 11.8. The summed E-state index contributed by atoms with van der Waals surface area (Å²) >= 11 is 6.24. The molecular weight excluding hydrogens is 260 g/mol. The summed E-state index contributed by atoms with van der Waals surface area (Å²) in [7, 11) is 0. The molecule has 1 aromatic carbocycles.